The first kappa shape index (κ1) is 19.0. The molecule has 0 radical (unpaired) electrons. The first-order valence-electron chi connectivity index (χ1n) is 9.25. The van der Waals surface area contributed by atoms with Gasteiger partial charge in [0.2, 0.25) is 0 Å². The number of hydrogen-bond acceptors (Lipinski definition) is 5. The van der Waals surface area contributed by atoms with Crippen molar-refractivity contribution in [2.24, 2.45) is 4.99 Å². The minimum Gasteiger partial charge on any atom is -0.493 e. The summed E-state index contributed by atoms with van der Waals surface area (Å²) in [5, 5.41) is 0. The van der Waals surface area contributed by atoms with Crippen molar-refractivity contribution in [2.45, 2.75) is 26.2 Å². The minimum absolute atomic E-state index is 0.0183. The lowest BCUT2D eigenvalue weighted by Crippen LogP contribution is -2.37. The lowest BCUT2D eigenvalue weighted by Gasteiger charge is -2.28. The van der Waals surface area contributed by atoms with Gasteiger partial charge >= 0.3 is 0 Å². The van der Waals surface area contributed by atoms with E-state index in [0.717, 1.165) is 37.3 Å². The van der Waals surface area contributed by atoms with E-state index in [1.807, 2.05) is 17.0 Å². The van der Waals surface area contributed by atoms with Gasteiger partial charge in [0.25, 0.3) is 0 Å². The van der Waals surface area contributed by atoms with E-state index in [-0.39, 0.29) is 12.3 Å². The van der Waals surface area contributed by atoms with Crippen LogP contribution in [0, 0.1) is 6.92 Å². The molecule has 5 heteroatoms. The van der Waals surface area contributed by atoms with Crippen LogP contribution < -0.4 is 14.4 Å². The summed E-state index contributed by atoms with van der Waals surface area (Å²) in [5.41, 5.74) is 2.78. The number of anilines is 1. The number of aryl methyl sites for hydroxylation is 1. The highest BCUT2D eigenvalue weighted by Crippen LogP contribution is 2.28. The Balaban J connectivity index is 1.88. The third-order valence-electron chi connectivity index (χ3n) is 4.77. The van der Waals surface area contributed by atoms with Crippen LogP contribution in [-0.2, 0) is 0 Å². The lowest BCUT2D eigenvalue weighted by atomic mass is 10.1. The van der Waals surface area contributed by atoms with Crippen molar-refractivity contribution in [3.8, 4) is 11.5 Å². The van der Waals surface area contributed by atoms with Gasteiger partial charge in [0.05, 0.1) is 20.8 Å². The lowest BCUT2D eigenvalue weighted by molar-refractivity contribution is 0.100. The van der Waals surface area contributed by atoms with Crippen molar-refractivity contribution in [1.82, 2.24) is 0 Å². The molecule has 27 heavy (non-hydrogen) atoms. The molecule has 0 unspecified atom stereocenters. The fourth-order valence-corrected chi connectivity index (χ4v) is 3.20. The predicted octanol–water partition coefficient (Wildman–Crippen LogP) is 4.28. The number of hydrogen-bond donors (Lipinski definition) is 0. The Bertz CT molecular complexity index is 828. The second-order valence-corrected chi connectivity index (χ2v) is 6.67. The summed E-state index contributed by atoms with van der Waals surface area (Å²) >= 11 is 0. The summed E-state index contributed by atoms with van der Waals surface area (Å²) in [5.74, 6) is 2.17. The molecule has 0 aliphatic carbocycles. The molecule has 1 heterocycles. The molecule has 1 aliphatic rings. The molecule has 0 aromatic heterocycles. The number of Topliss-reactive ketones (excluding diaryl/α,β-unsaturated/α-hetero) is 1. The van der Waals surface area contributed by atoms with Crippen molar-refractivity contribution >= 4 is 17.3 Å². The third-order valence-corrected chi connectivity index (χ3v) is 4.77. The molecular weight excluding hydrogens is 340 g/mol. The van der Waals surface area contributed by atoms with Gasteiger partial charge in [0.1, 0.15) is 5.84 Å². The van der Waals surface area contributed by atoms with Gasteiger partial charge < -0.3 is 14.4 Å². The van der Waals surface area contributed by atoms with Crippen LogP contribution in [0.25, 0.3) is 0 Å². The molecule has 0 N–H and O–H groups in total. The van der Waals surface area contributed by atoms with Gasteiger partial charge in [0.15, 0.2) is 17.3 Å². The van der Waals surface area contributed by atoms with Crippen LogP contribution in [0.3, 0.4) is 0 Å². The molecule has 0 fully saturated rings. The number of amidine groups is 1. The molecular formula is C22H26N2O3. The maximum absolute atomic E-state index is 13.0. The number of methoxy groups -OCH3 is 2. The molecule has 0 saturated heterocycles. The zero-order valence-electron chi connectivity index (χ0n) is 16.2. The van der Waals surface area contributed by atoms with Crippen LogP contribution in [0.4, 0.5) is 5.69 Å². The Morgan fingerprint density at radius 3 is 2.41 bits per heavy atom. The summed E-state index contributed by atoms with van der Waals surface area (Å²) in [6, 6.07) is 13.5. The Morgan fingerprint density at radius 2 is 1.78 bits per heavy atom. The van der Waals surface area contributed by atoms with E-state index in [1.54, 1.807) is 32.4 Å². The topological polar surface area (TPSA) is 51.1 Å². The first-order valence-corrected chi connectivity index (χ1v) is 9.25. The molecule has 0 saturated carbocycles. The largest absolute Gasteiger partial charge is 0.493 e. The minimum atomic E-state index is 0.0183. The number of carbonyl (C=O) groups is 1. The summed E-state index contributed by atoms with van der Waals surface area (Å²) in [7, 11) is 3.15. The fourth-order valence-electron chi connectivity index (χ4n) is 3.20. The van der Waals surface area contributed by atoms with Gasteiger partial charge in [-0.3, -0.25) is 9.79 Å². The molecule has 142 valence electrons. The Morgan fingerprint density at radius 1 is 1.04 bits per heavy atom. The van der Waals surface area contributed by atoms with Gasteiger partial charge in [-0.15, -0.1) is 0 Å². The number of ketones is 1. The zero-order chi connectivity index (χ0) is 19.2. The number of nitrogens with zero attached hydrogens (tertiary/aromatic N) is 2. The van der Waals surface area contributed by atoms with Crippen LogP contribution >= 0.6 is 0 Å². The number of benzene rings is 2. The van der Waals surface area contributed by atoms with E-state index in [9.17, 15) is 4.79 Å². The number of ether oxygens (including phenoxy) is 2. The van der Waals surface area contributed by atoms with Crippen molar-refractivity contribution < 1.29 is 14.3 Å². The van der Waals surface area contributed by atoms with Crippen LogP contribution in [0.1, 0.15) is 35.2 Å². The van der Waals surface area contributed by atoms with E-state index in [0.29, 0.717) is 17.1 Å². The quantitative estimate of drug-likeness (QED) is 0.716. The number of rotatable bonds is 6. The van der Waals surface area contributed by atoms with Crippen molar-refractivity contribution in [1.29, 1.82) is 0 Å². The maximum Gasteiger partial charge on any atom is 0.182 e. The van der Waals surface area contributed by atoms with Crippen LogP contribution in [0.5, 0.6) is 11.5 Å². The zero-order valence-corrected chi connectivity index (χ0v) is 16.2. The van der Waals surface area contributed by atoms with E-state index >= 15 is 0 Å². The van der Waals surface area contributed by atoms with Gasteiger partial charge in [0, 0.05) is 24.2 Å². The Hall–Kier alpha value is -2.82. The normalized spacial score (nSPS) is 13.7. The molecule has 1 aliphatic heterocycles. The van der Waals surface area contributed by atoms with E-state index in [4.69, 9.17) is 9.47 Å². The average Bonchev–Trinajstić information content (AvgIpc) is 2.72. The average molecular weight is 366 g/mol. The van der Waals surface area contributed by atoms with E-state index < -0.39 is 0 Å². The van der Waals surface area contributed by atoms with E-state index in [2.05, 4.69) is 24.0 Å². The van der Waals surface area contributed by atoms with Gasteiger partial charge in [-0.05, 0) is 50.1 Å². The molecule has 3 rings (SSSR count). The Labute approximate surface area is 160 Å². The summed E-state index contributed by atoms with van der Waals surface area (Å²) in [6.45, 7) is 3.13. The highest BCUT2D eigenvalue weighted by Gasteiger charge is 2.20. The SMILES string of the molecule is COc1ccc(C(=O)CN(C2=NCCCC2)c2ccc(C)cc2)cc1OC. The number of aliphatic imine (C=N–C) groups is 1. The highest BCUT2D eigenvalue weighted by atomic mass is 16.5. The standard InChI is InChI=1S/C22H26N2O3/c1-16-7-10-18(11-8-16)24(22-6-4-5-13-23-22)15-19(25)17-9-12-20(26-2)21(14-17)27-3/h7-12,14H,4-6,13,15H2,1-3H3. The third kappa shape index (κ3) is 4.48. The van der Waals surface area contributed by atoms with Crippen LogP contribution in [0.15, 0.2) is 47.5 Å². The smallest absolute Gasteiger partial charge is 0.182 e. The second-order valence-electron chi connectivity index (χ2n) is 6.67. The highest BCUT2D eigenvalue weighted by molar-refractivity contribution is 6.07. The monoisotopic (exact) mass is 366 g/mol. The van der Waals surface area contributed by atoms with Crippen molar-refractivity contribution in [3.05, 3.63) is 53.6 Å². The summed E-state index contributed by atoms with van der Waals surface area (Å²) < 4.78 is 10.6. The molecule has 5 nitrogen and oxygen atoms in total. The maximum atomic E-state index is 13.0. The summed E-state index contributed by atoms with van der Waals surface area (Å²) in [4.78, 5) is 19.7. The molecule has 0 bridgehead atoms. The molecule has 2 aromatic carbocycles. The van der Waals surface area contributed by atoms with Crippen molar-refractivity contribution in [3.63, 3.8) is 0 Å². The van der Waals surface area contributed by atoms with Crippen LogP contribution in [-0.4, -0.2) is 38.9 Å². The van der Waals surface area contributed by atoms with Crippen LogP contribution in [0.2, 0.25) is 0 Å². The second kappa shape index (κ2) is 8.71. The Kier molecular flexibility index (Phi) is 6.12. The molecule has 2 aromatic rings. The van der Waals surface area contributed by atoms with Gasteiger partial charge in [-0.1, -0.05) is 17.7 Å². The molecule has 0 amide bonds. The van der Waals surface area contributed by atoms with Gasteiger partial charge in [-0.25, -0.2) is 0 Å². The number of carbonyl (C=O) groups excluding carboxylic acids is 1. The predicted molar refractivity (Wildman–Crippen MR) is 109 cm³/mol. The molecule has 0 spiro atoms. The molecule has 0 atom stereocenters. The summed E-state index contributed by atoms with van der Waals surface area (Å²) in [6.07, 6.45) is 3.10. The van der Waals surface area contributed by atoms with Crippen molar-refractivity contribution in [2.75, 3.05) is 32.2 Å². The van der Waals surface area contributed by atoms with E-state index in [1.165, 1.54) is 5.56 Å². The van der Waals surface area contributed by atoms with Gasteiger partial charge in [-0.2, -0.15) is 0 Å². The first-order chi connectivity index (χ1) is 13.1. The fraction of sp³-hybridized carbons (Fsp3) is 0.364.